The number of carbonyl (C=O) groups excluding carboxylic acids is 1. The molecule has 166 valence electrons. The van der Waals surface area contributed by atoms with Gasteiger partial charge in [0.15, 0.2) is 0 Å². The van der Waals surface area contributed by atoms with Gasteiger partial charge in [-0.3, -0.25) is 4.79 Å². The highest BCUT2D eigenvalue weighted by atomic mass is 32.2. The minimum Gasteiger partial charge on any atom is -0.371 e. The van der Waals surface area contributed by atoms with E-state index in [1.807, 2.05) is 30.3 Å². The topological polar surface area (TPSA) is 57.7 Å². The molecule has 0 aromatic heterocycles. The Morgan fingerprint density at radius 2 is 1.61 bits per heavy atom. The SMILES string of the molecule is O=C(CCc1ccccc1)CC1CCCN(c2ccc(S(=O)(=O)N3CCCC3)cc2)C1. The van der Waals surface area contributed by atoms with Gasteiger partial charge in [0.05, 0.1) is 4.90 Å². The van der Waals surface area contributed by atoms with Gasteiger partial charge in [-0.05, 0) is 67.9 Å². The van der Waals surface area contributed by atoms with Crippen LogP contribution in [-0.4, -0.2) is 44.7 Å². The second-order valence-corrected chi connectivity index (χ2v) is 10.7. The summed E-state index contributed by atoms with van der Waals surface area (Å²) < 4.78 is 27.1. The smallest absolute Gasteiger partial charge is 0.243 e. The number of Topliss-reactive ketones (excluding diaryl/α,β-unsaturated/α-hetero) is 1. The second-order valence-electron chi connectivity index (χ2n) is 8.79. The second kappa shape index (κ2) is 9.96. The maximum absolute atomic E-state index is 12.7. The lowest BCUT2D eigenvalue weighted by Crippen LogP contribution is -2.36. The first-order chi connectivity index (χ1) is 15.0. The van der Waals surface area contributed by atoms with Gasteiger partial charge in [-0.1, -0.05) is 30.3 Å². The van der Waals surface area contributed by atoms with Gasteiger partial charge < -0.3 is 4.90 Å². The van der Waals surface area contributed by atoms with Crippen LogP contribution in [0.5, 0.6) is 0 Å². The van der Waals surface area contributed by atoms with Crippen molar-refractivity contribution in [2.45, 2.75) is 49.8 Å². The molecular formula is C25H32N2O3S. The van der Waals surface area contributed by atoms with Crippen molar-refractivity contribution in [3.05, 3.63) is 60.2 Å². The number of hydrogen-bond donors (Lipinski definition) is 0. The summed E-state index contributed by atoms with van der Waals surface area (Å²) in [6.45, 7) is 3.05. The molecular weight excluding hydrogens is 408 g/mol. The molecule has 0 N–H and O–H groups in total. The minimum atomic E-state index is -3.37. The Hall–Kier alpha value is -2.18. The van der Waals surface area contributed by atoms with Crippen LogP contribution >= 0.6 is 0 Å². The summed E-state index contributed by atoms with van der Waals surface area (Å²) in [6, 6.07) is 17.5. The molecule has 2 fully saturated rings. The summed E-state index contributed by atoms with van der Waals surface area (Å²) in [5, 5.41) is 0. The number of hydrogen-bond acceptors (Lipinski definition) is 4. The van der Waals surface area contributed by atoms with Crippen molar-refractivity contribution in [3.8, 4) is 0 Å². The third-order valence-corrected chi connectivity index (χ3v) is 8.39. The summed E-state index contributed by atoms with van der Waals surface area (Å²) in [6.07, 6.45) is 6.06. The Balaban J connectivity index is 1.32. The summed E-state index contributed by atoms with van der Waals surface area (Å²) in [7, 11) is -3.37. The monoisotopic (exact) mass is 440 g/mol. The number of ketones is 1. The zero-order valence-corrected chi connectivity index (χ0v) is 18.9. The normalized spacial score (nSPS) is 20.1. The van der Waals surface area contributed by atoms with Gasteiger partial charge in [-0.15, -0.1) is 0 Å². The summed E-state index contributed by atoms with van der Waals surface area (Å²) in [4.78, 5) is 15.2. The van der Waals surface area contributed by atoms with E-state index in [0.717, 1.165) is 50.9 Å². The van der Waals surface area contributed by atoms with Crippen LogP contribution in [0, 0.1) is 5.92 Å². The Kier molecular flexibility index (Phi) is 7.08. The summed E-state index contributed by atoms with van der Waals surface area (Å²) >= 11 is 0. The molecule has 1 atom stereocenters. The Morgan fingerprint density at radius 1 is 0.903 bits per heavy atom. The van der Waals surface area contributed by atoms with Crippen molar-refractivity contribution in [1.29, 1.82) is 0 Å². The Bertz CT molecular complexity index is 968. The Labute approximate surface area is 186 Å². The predicted octanol–water partition coefficient (Wildman–Crippen LogP) is 4.28. The van der Waals surface area contributed by atoms with Gasteiger partial charge in [-0.25, -0.2) is 8.42 Å². The van der Waals surface area contributed by atoms with Gasteiger partial charge >= 0.3 is 0 Å². The van der Waals surface area contributed by atoms with E-state index in [1.165, 1.54) is 5.56 Å². The van der Waals surface area contributed by atoms with Crippen LogP contribution in [-0.2, 0) is 21.2 Å². The Morgan fingerprint density at radius 3 is 2.32 bits per heavy atom. The van der Waals surface area contributed by atoms with Crippen LogP contribution in [0.4, 0.5) is 5.69 Å². The van der Waals surface area contributed by atoms with E-state index in [0.29, 0.717) is 42.5 Å². The molecule has 0 bridgehead atoms. The fourth-order valence-corrected chi connectivity index (χ4v) is 6.24. The molecule has 2 heterocycles. The van der Waals surface area contributed by atoms with E-state index in [1.54, 1.807) is 16.4 Å². The molecule has 2 saturated heterocycles. The summed E-state index contributed by atoms with van der Waals surface area (Å²) in [5.74, 6) is 0.702. The largest absolute Gasteiger partial charge is 0.371 e. The van der Waals surface area contributed by atoms with Gasteiger partial charge in [-0.2, -0.15) is 4.31 Å². The number of rotatable bonds is 8. The zero-order chi connectivity index (χ0) is 21.7. The number of carbonyl (C=O) groups is 1. The molecule has 0 radical (unpaired) electrons. The first-order valence-corrected chi connectivity index (χ1v) is 12.9. The van der Waals surface area contributed by atoms with Gasteiger partial charge in [0.2, 0.25) is 10.0 Å². The third-order valence-electron chi connectivity index (χ3n) is 6.48. The number of aryl methyl sites for hydroxylation is 1. The molecule has 31 heavy (non-hydrogen) atoms. The van der Waals surface area contributed by atoms with Crippen molar-refractivity contribution in [1.82, 2.24) is 4.31 Å². The van der Waals surface area contributed by atoms with Crippen molar-refractivity contribution < 1.29 is 13.2 Å². The van der Waals surface area contributed by atoms with Crippen molar-refractivity contribution in [2.24, 2.45) is 5.92 Å². The van der Waals surface area contributed by atoms with Gasteiger partial charge in [0.1, 0.15) is 5.78 Å². The first-order valence-electron chi connectivity index (χ1n) is 11.4. The number of benzene rings is 2. The molecule has 0 saturated carbocycles. The molecule has 1 unspecified atom stereocenters. The standard InChI is InChI=1S/C25H32N2O3S/c28-24(13-10-21-7-2-1-3-8-21)19-22-9-6-16-26(20-22)23-11-14-25(15-12-23)31(29,30)27-17-4-5-18-27/h1-3,7-8,11-12,14-15,22H,4-6,9-10,13,16-20H2. The molecule has 2 aliphatic heterocycles. The fraction of sp³-hybridized carbons (Fsp3) is 0.480. The highest BCUT2D eigenvalue weighted by Gasteiger charge is 2.27. The van der Waals surface area contributed by atoms with Gasteiger partial charge in [0, 0.05) is 44.7 Å². The van der Waals surface area contributed by atoms with Crippen LogP contribution < -0.4 is 4.90 Å². The third kappa shape index (κ3) is 5.55. The maximum atomic E-state index is 12.7. The van der Waals surface area contributed by atoms with Crippen LogP contribution in [0.2, 0.25) is 0 Å². The molecule has 2 aromatic carbocycles. The molecule has 0 amide bonds. The summed E-state index contributed by atoms with van der Waals surface area (Å²) in [5.41, 5.74) is 2.26. The average molecular weight is 441 g/mol. The van der Waals surface area contributed by atoms with E-state index in [2.05, 4.69) is 17.0 Å². The predicted molar refractivity (Wildman–Crippen MR) is 124 cm³/mol. The van der Waals surface area contributed by atoms with E-state index in [-0.39, 0.29) is 0 Å². The zero-order valence-electron chi connectivity index (χ0n) is 18.1. The van der Waals surface area contributed by atoms with Gasteiger partial charge in [0.25, 0.3) is 0 Å². The molecule has 0 spiro atoms. The number of nitrogens with zero attached hydrogens (tertiary/aromatic N) is 2. The minimum absolute atomic E-state index is 0.336. The number of piperidine rings is 1. The number of anilines is 1. The van der Waals surface area contributed by atoms with Crippen molar-refractivity contribution in [2.75, 3.05) is 31.1 Å². The molecule has 4 rings (SSSR count). The fourth-order valence-electron chi connectivity index (χ4n) is 4.73. The molecule has 0 aliphatic carbocycles. The lowest BCUT2D eigenvalue weighted by Gasteiger charge is -2.34. The van der Waals surface area contributed by atoms with E-state index in [4.69, 9.17) is 0 Å². The van der Waals surface area contributed by atoms with E-state index >= 15 is 0 Å². The highest BCUT2D eigenvalue weighted by molar-refractivity contribution is 7.89. The van der Waals surface area contributed by atoms with Crippen LogP contribution in [0.15, 0.2) is 59.5 Å². The van der Waals surface area contributed by atoms with Crippen LogP contribution in [0.3, 0.4) is 0 Å². The van der Waals surface area contributed by atoms with Crippen LogP contribution in [0.25, 0.3) is 0 Å². The number of sulfonamides is 1. The van der Waals surface area contributed by atoms with E-state index < -0.39 is 10.0 Å². The molecule has 6 heteroatoms. The van der Waals surface area contributed by atoms with Crippen molar-refractivity contribution >= 4 is 21.5 Å². The van der Waals surface area contributed by atoms with E-state index in [9.17, 15) is 13.2 Å². The molecule has 5 nitrogen and oxygen atoms in total. The van der Waals surface area contributed by atoms with Crippen molar-refractivity contribution in [3.63, 3.8) is 0 Å². The maximum Gasteiger partial charge on any atom is 0.243 e. The first kappa shape index (κ1) is 22.0. The average Bonchev–Trinajstić information content (AvgIpc) is 3.35. The quantitative estimate of drug-likeness (QED) is 0.615. The highest BCUT2D eigenvalue weighted by Crippen LogP contribution is 2.28. The molecule has 2 aromatic rings. The lowest BCUT2D eigenvalue weighted by atomic mass is 9.91. The van der Waals surface area contributed by atoms with Crippen LogP contribution in [0.1, 0.15) is 44.1 Å². The lowest BCUT2D eigenvalue weighted by molar-refractivity contribution is -0.120. The molecule has 2 aliphatic rings.